The van der Waals surface area contributed by atoms with Crippen LogP contribution in [0.5, 0.6) is 11.5 Å². The fraction of sp³-hybridized carbons (Fsp3) is 0.200. The molecule has 0 radical (unpaired) electrons. The molecule has 1 heterocycles. The van der Waals surface area contributed by atoms with Gasteiger partial charge in [-0.2, -0.15) is 0 Å². The van der Waals surface area contributed by atoms with E-state index in [9.17, 15) is 0 Å². The largest absolute Gasteiger partial charge is 0.497 e. The molecule has 1 atom stereocenters. The van der Waals surface area contributed by atoms with Gasteiger partial charge in [-0.25, -0.2) is 0 Å². The lowest BCUT2D eigenvalue weighted by Crippen LogP contribution is -2.30. The number of pyridine rings is 1. The minimum atomic E-state index is 0.0588. The van der Waals surface area contributed by atoms with Gasteiger partial charge in [0.05, 0.1) is 20.3 Å². The Bertz CT molecular complexity index is 913. The quantitative estimate of drug-likeness (QED) is 0.656. The summed E-state index contributed by atoms with van der Waals surface area (Å²) in [6, 6.07) is 15.7. The summed E-state index contributed by atoms with van der Waals surface area (Å²) in [4.78, 5) is 4.40. The minimum Gasteiger partial charge on any atom is -0.497 e. The molecule has 0 amide bonds. The van der Waals surface area contributed by atoms with E-state index in [1.165, 1.54) is 0 Å². The summed E-state index contributed by atoms with van der Waals surface area (Å²) >= 11 is 5.49. The normalized spacial score (nSPS) is 11.7. The van der Waals surface area contributed by atoms with E-state index in [0.29, 0.717) is 5.11 Å². The molecule has 134 valence electrons. The SMILES string of the molecule is COc1ccc([C@@H](C)NC(=S)Nc2ccc(OC)c3ncccc23)cc1. The number of hydrogen-bond donors (Lipinski definition) is 2. The van der Waals surface area contributed by atoms with Crippen molar-refractivity contribution >= 4 is 33.9 Å². The van der Waals surface area contributed by atoms with Crippen LogP contribution in [0.3, 0.4) is 0 Å². The van der Waals surface area contributed by atoms with Gasteiger partial charge in [0.1, 0.15) is 17.0 Å². The Balaban J connectivity index is 1.74. The average Bonchev–Trinajstić information content (AvgIpc) is 2.68. The number of anilines is 1. The van der Waals surface area contributed by atoms with Crippen molar-refractivity contribution in [2.45, 2.75) is 13.0 Å². The highest BCUT2D eigenvalue weighted by molar-refractivity contribution is 7.80. The van der Waals surface area contributed by atoms with Crippen LogP contribution in [0, 0.1) is 0 Å². The predicted octanol–water partition coefficient (Wildman–Crippen LogP) is 4.30. The molecule has 0 spiro atoms. The van der Waals surface area contributed by atoms with Crippen LogP contribution >= 0.6 is 12.2 Å². The number of hydrogen-bond acceptors (Lipinski definition) is 4. The standard InChI is InChI=1S/C20H21N3O2S/c1-13(14-6-8-15(24-2)9-7-14)22-20(26)23-17-10-11-18(25-3)19-16(17)5-4-12-21-19/h4-13H,1-3H3,(H2,22,23,26)/t13-/m1/s1. The van der Waals surface area contributed by atoms with Crippen LogP contribution in [-0.2, 0) is 0 Å². The van der Waals surface area contributed by atoms with Crippen LogP contribution in [0.4, 0.5) is 5.69 Å². The van der Waals surface area contributed by atoms with Gasteiger partial charge in [0.25, 0.3) is 0 Å². The number of thiocarbonyl (C=S) groups is 1. The Labute approximate surface area is 158 Å². The molecule has 0 aliphatic carbocycles. The Kier molecular flexibility index (Phi) is 5.53. The molecule has 5 nitrogen and oxygen atoms in total. The number of methoxy groups -OCH3 is 2. The van der Waals surface area contributed by atoms with Gasteiger partial charge in [-0.1, -0.05) is 12.1 Å². The number of nitrogens with zero attached hydrogens (tertiary/aromatic N) is 1. The van der Waals surface area contributed by atoms with Gasteiger partial charge in [-0.05, 0) is 61.1 Å². The molecule has 6 heteroatoms. The number of nitrogens with one attached hydrogen (secondary N) is 2. The second-order valence-electron chi connectivity index (χ2n) is 5.81. The molecular weight excluding hydrogens is 346 g/mol. The molecule has 3 aromatic rings. The Morgan fingerprint density at radius 3 is 2.50 bits per heavy atom. The van der Waals surface area contributed by atoms with Crippen molar-refractivity contribution in [2.24, 2.45) is 0 Å². The molecule has 0 aliphatic heterocycles. The van der Waals surface area contributed by atoms with E-state index in [-0.39, 0.29) is 6.04 Å². The van der Waals surface area contributed by atoms with Gasteiger partial charge >= 0.3 is 0 Å². The number of fused-ring (bicyclic) bond motifs is 1. The molecule has 2 N–H and O–H groups in total. The first-order chi connectivity index (χ1) is 12.6. The average molecular weight is 367 g/mol. The van der Waals surface area contributed by atoms with Crippen molar-refractivity contribution in [1.29, 1.82) is 0 Å². The molecule has 2 aromatic carbocycles. The first-order valence-electron chi connectivity index (χ1n) is 8.25. The van der Waals surface area contributed by atoms with Crippen LogP contribution < -0.4 is 20.1 Å². The highest BCUT2D eigenvalue weighted by atomic mass is 32.1. The number of benzene rings is 2. The Morgan fingerprint density at radius 1 is 1.04 bits per heavy atom. The molecule has 0 bridgehead atoms. The fourth-order valence-corrected chi connectivity index (χ4v) is 3.04. The van der Waals surface area contributed by atoms with Gasteiger partial charge in [-0.3, -0.25) is 4.98 Å². The summed E-state index contributed by atoms with van der Waals surface area (Å²) in [6.07, 6.45) is 1.75. The van der Waals surface area contributed by atoms with Gasteiger partial charge in [0.15, 0.2) is 5.11 Å². The number of rotatable bonds is 5. The van der Waals surface area contributed by atoms with E-state index < -0.39 is 0 Å². The number of ether oxygens (including phenoxy) is 2. The lowest BCUT2D eigenvalue weighted by molar-refractivity contribution is 0.414. The lowest BCUT2D eigenvalue weighted by Gasteiger charge is -2.18. The van der Waals surface area contributed by atoms with Crippen LogP contribution in [0.15, 0.2) is 54.7 Å². The summed E-state index contributed by atoms with van der Waals surface area (Å²) in [5, 5.41) is 8.06. The molecule has 3 rings (SSSR count). The maximum Gasteiger partial charge on any atom is 0.171 e. The highest BCUT2D eigenvalue weighted by Crippen LogP contribution is 2.29. The summed E-state index contributed by atoms with van der Waals surface area (Å²) in [5.41, 5.74) is 2.80. The van der Waals surface area contributed by atoms with Crippen LogP contribution in [0.2, 0.25) is 0 Å². The molecule has 0 saturated heterocycles. The van der Waals surface area contributed by atoms with Gasteiger partial charge < -0.3 is 20.1 Å². The Morgan fingerprint density at radius 2 is 1.81 bits per heavy atom. The monoisotopic (exact) mass is 367 g/mol. The van der Waals surface area contributed by atoms with E-state index >= 15 is 0 Å². The molecule has 1 aromatic heterocycles. The fourth-order valence-electron chi connectivity index (χ4n) is 2.75. The molecule has 0 unspecified atom stereocenters. The second-order valence-corrected chi connectivity index (χ2v) is 6.22. The molecule has 0 fully saturated rings. The van der Waals surface area contributed by atoms with Gasteiger partial charge in [-0.15, -0.1) is 0 Å². The number of aromatic nitrogens is 1. The summed E-state index contributed by atoms with van der Waals surface area (Å²) < 4.78 is 10.6. The zero-order valence-electron chi connectivity index (χ0n) is 14.9. The summed E-state index contributed by atoms with van der Waals surface area (Å²) in [6.45, 7) is 2.06. The van der Waals surface area contributed by atoms with Crippen molar-refractivity contribution < 1.29 is 9.47 Å². The van der Waals surface area contributed by atoms with Crippen molar-refractivity contribution in [2.75, 3.05) is 19.5 Å². The van der Waals surface area contributed by atoms with E-state index in [1.54, 1.807) is 20.4 Å². The van der Waals surface area contributed by atoms with Crippen molar-refractivity contribution in [3.63, 3.8) is 0 Å². The topological polar surface area (TPSA) is 55.4 Å². The van der Waals surface area contributed by atoms with Crippen molar-refractivity contribution in [3.05, 3.63) is 60.3 Å². The third-order valence-electron chi connectivity index (χ3n) is 4.16. The predicted molar refractivity (Wildman–Crippen MR) is 109 cm³/mol. The van der Waals surface area contributed by atoms with Gasteiger partial charge in [0, 0.05) is 17.3 Å². The first-order valence-corrected chi connectivity index (χ1v) is 8.66. The van der Waals surface area contributed by atoms with E-state index in [1.807, 2.05) is 48.5 Å². The zero-order valence-corrected chi connectivity index (χ0v) is 15.8. The third-order valence-corrected chi connectivity index (χ3v) is 4.38. The highest BCUT2D eigenvalue weighted by Gasteiger charge is 2.11. The first kappa shape index (κ1) is 17.9. The van der Waals surface area contributed by atoms with Crippen LogP contribution in [-0.4, -0.2) is 24.3 Å². The molecule has 0 aliphatic rings. The zero-order chi connectivity index (χ0) is 18.5. The maximum atomic E-state index is 5.49. The van der Waals surface area contributed by atoms with Gasteiger partial charge in [0.2, 0.25) is 0 Å². The maximum absolute atomic E-state index is 5.49. The van der Waals surface area contributed by atoms with Crippen molar-refractivity contribution in [3.8, 4) is 11.5 Å². The lowest BCUT2D eigenvalue weighted by atomic mass is 10.1. The van der Waals surface area contributed by atoms with Crippen LogP contribution in [0.1, 0.15) is 18.5 Å². The minimum absolute atomic E-state index is 0.0588. The van der Waals surface area contributed by atoms with Crippen molar-refractivity contribution in [1.82, 2.24) is 10.3 Å². The molecule has 0 saturated carbocycles. The van der Waals surface area contributed by atoms with E-state index in [0.717, 1.165) is 33.7 Å². The molecule has 26 heavy (non-hydrogen) atoms. The van der Waals surface area contributed by atoms with Crippen LogP contribution in [0.25, 0.3) is 10.9 Å². The smallest absolute Gasteiger partial charge is 0.171 e. The second kappa shape index (κ2) is 8.01. The molecular formula is C20H21N3O2S. The summed E-state index contributed by atoms with van der Waals surface area (Å²) in [7, 11) is 3.29. The van der Waals surface area contributed by atoms with E-state index in [4.69, 9.17) is 21.7 Å². The third kappa shape index (κ3) is 3.86. The summed E-state index contributed by atoms with van der Waals surface area (Å²) in [5.74, 6) is 1.57. The Hall–Kier alpha value is -2.86. The van der Waals surface area contributed by atoms with E-state index in [2.05, 4.69) is 22.5 Å².